The molecule has 21 heavy (non-hydrogen) atoms. The number of aromatic nitrogens is 7. The van der Waals surface area contributed by atoms with Crippen molar-refractivity contribution in [3.05, 3.63) is 59.0 Å². The lowest BCUT2D eigenvalue weighted by Gasteiger charge is -2.06. The molecule has 4 heterocycles. The molecule has 0 aliphatic heterocycles. The zero-order valence-corrected chi connectivity index (χ0v) is 10.8. The van der Waals surface area contributed by atoms with E-state index in [4.69, 9.17) is 0 Å². The Morgan fingerprint density at radius 2 is 2.10 bits per heavy atom. The van der Waals surface area contributed by atoms with Gasteiger partial charge in [0, 0.05) is 18.5 Å². The van der Waals surface area contributed by atoms with Gasteiger partial charge in [0.05, 0.1) is 12.7 Å². The summed E-state index contributed by atoms with van der Waals surface area (Å²) in [5.41, 5.74) is 1.80. The van der Waals surface area contributed by atoms with Gasteiger partial charge in [0.2, 0.25) is 0 Å². The van der Waals surface area contributed by atoms with Gasteiger partial charge in [-0.25, -0.2) is 4.98 Å². The van der Waals surface area contributed by atoms with Crippen LogP contribution in [0.2, 0.25) is 0 Å². The predicted molar refractivity (Wildman–Crippen MR) is 73.7 cm³/mol. The van der Waals surface area contributed by atoms with Crippen LogP contribution in [0.3, 0.4) is 0 Å². The third-order valence-electron chi connectivity index (χ3n) is 3.15. The molecule has 0 aliphatic rings. The van der Waals surface area contributed by atoms with Crippen LogP contribution in [0.5, 0.6) is 0 Å². The minimum Gasteiger partial charge on any atom is -0.293 e. The van der Waals surface area contributed by atoms with E-state index in [1.54, 1.807) is 24.7 Å². The first-order valence-corrected chi connectivity index (χ1v) is 6.27. The number of hydrogen-bond donors (Lipinski definition) is 0. The lowest BCUT2D eigenvalue weighted by Crippen LogP contribution is -2.23. The summed E-state index contributed by atoms with van der Waals surface area (Å²) in [4.78, 5) is 20.8. The van der Waals surface area contributed by atoms with Gasteiger partial charge in [0.25, 0.3) is 5.56 Å². The Morgan fingerprint density at radius 3 is 2.95 bits per heavy atom. The first-order chi connectivity index (χ1) is 10.3. The molecule has 0 N–H and O–H groups in total. The first kappa shape index (κ1) is 11.6. The second-order valence-corrected chi connectivity index (χ2v) is 4.51. The molecule has 0 aliphatic carbocycles. The lowest BCUT2D eigenvalue weighted by molar-refractivity contribution is 0.734. The fraction of sp³-hybridized carbons (Fsp3) is 0.0769. The molecule has 102 valence electrons. The zero-order valence-electron chi connectivity index (χ0n) is 10.8. The Balaban J connectivity index is 1.90. The van der Waals surface area contributed by atoms with E-state index < -0.39 is 0 Å². The molecule has 0 unspecified atom stereocenters. The molecule has 8 heteroatoms. The molecule has 0 aromatic carbocycles. The van der Waals surface area contributed by atoms with Gasteiger partial charge >= 0.3 is 0 Å². The molecule has 4 aromatic rings. The molecule has 0 amide bonds. The van der Waals surface area contributed by atoms with Gasteiger partial charge in [-0.1, -0.05) is 6.07 Å². The normalized spacial score (nSPS) is 11.2. The van der Waals surface area contributed by atoms with Crippen molar-refractivity contribution in [2.24, 2.45) is 0 Å². The average Bonchev–Trinajstić information content (AvgIpc) is 3.00. The minimum absolute atomic E-state index is 0.192. The summed E-state index contributed by atoms with van der Waals surface area (Å²) in [5, 5.41) is 12.0. The molecule has 0 fully saturated rings. The van der Waals surface area contributed by atoms with Crippen molar-refractivity contribution in [2.75, 3.05) is 0 Å². The fourth-order valence-electron chi connectivity index (χ4n) is 2.15. The van der Waals surface area contributed by atoms with Gasteiger partial charge in [-0.2, -0.15) is 9.61 Å². The number of pyridine rings is 1. The molecular weight excluding hydrogens is 270 g/mol. The Hall–Kier alpha value is -3.16. The monoisotopic (exact) mass is 279 g/mol. The van der Waals surface area contributed by atoms with Crippen molar-refractivity contribution >= 4 is 16.8 Å². The van der Waals surface area contributed by atoms with Gasteiger partial charge in [-0.3, -0.25) is 14.3 Å². The maximum absolute atomic E-state index is 12.5. The van der Waals surface area contributed by atoms with E-state index in [1.807, 2.05) is 12.1 Å². The minimum atomic E-state index is -0.256. The molecule has 0 radical (unpaired) electrons. The van der Waals surface area contributed by atoms with Gasteiger partial charge in [0.1, 0.15) is 6.33 Å². The van der Waals surface area contributed by atoms with Gasteiger partial charge in [-0.15, -0.1) is 10.2 Å². The van der Waals surface area contributed by atoms with Gasteiger partial charge < -0.3 is 0 Å². The molecule has 0 saturated carbocycles. The topological polar surface area (TPSA) is 90.9 Å². The van der Waals surface area contributed by atoms with Crippen molar-refractivity contribution in [3.63, 3.8) is 0 Å². The van der Waals surface area contributed by atoms with Crippen molar-refractivity contribution in [2.45, 2.75) is 6.54 Å². The highest BCUT2D eigenvalue weighted by Gasteiger charge is 2.10. The third-order valence-corrected chi connectivity index (χ3v) is 3.15. The maximum Gasteiger partial charge on any atom is 0.283 e. The van der Waals surface area contributed by atoms with Crippen molar-refractivity contribution in [1.29, 1.82) is 0 Å². The summed E-state index contributed by atoms with van der Waals surface area (Å²) < 4.78 is 2.97. The first-order valence-electron chi connectivity index (χ1n) is 6.27. The highest BCUT2D eigenvalue weighted by molar-refractivity contribution is 5.70. The molecule has 0 bridgehead atoms. The van der Waals surface area contributed by atoms with Crippen molar-refractivity contribution in [1.82, 2.24) is 34.3 Å². The van der Waals surface area contributed by atoms with E-state index in [0.29, 0.717) is 17.8 Å². The number of rotatable bonds is 2. The van der Waals surface area contributed by atoms with Crippen LogP contribution in [0.15, 0.2) is 47.9 Å². The van der Waals surface area contributed by atoms with Crippen molar-refractivity contribution in [3.8, 4) is 0 Å². The molecular formula is C13H9N7O. The number of hydrogen-bond acceptors (Lipinski definition) is 6. The standard InChI is InChI=1S/C13H9N7O/c21-13-11-12(20-10(17-18-11)3-5-16-20)15-8-19(13)7-9-2-1-4-14-6-9/h1-6,8H,7H2. The SMILES string of the molecule is O=c1c2nnc3ccnn3c2ncn1Cc1cccnc1. The molecule has 0 saturated heterocycles. The Labute approximate surface area is 117 Å². The quantitative estimate of drug-likeness (QED) is 0.523. The smallest absolute Gasteiger partial charge is 0.283 e. The second kappa shape index (κ2) is 4.44. The Kier molecular flexibility index (Phi) is 2.46. The fourth-order valence-corrected chi connectivity index (χ4v) is 2.15. The predicted octanol–water partition coefficient (Wildman–Crippen LogP) is 0.277. The van der Waals surface area contributed by atoms with E-state index >= 15 is 0 Å². The van der Waals surface area contributed by atoms with Crippen LogP contribution >= 0.6 is 0 Å². The molecule has 0 spiro atoms. The Morgan fingerprint density at radius 1 is 1.14 bits per heavy atom. The van der Waals surface area contributed by atoms with Crippen LogP contribution in [0.4, 0.5) is 0 Å². The molecule has 4 aromatic heterocycles. The zero-order chi connectivity index (χ0) is 14.2. The average molecular weight is 279 g/mol. The van der Waals surface area contributed by atoms with E-state index in [-0.39, 0.29) is 11.1 Å². The summed E-state index contributed by atoms with van der Waals surface area (Å²) in [6.45, 7) is 0.383. The molecule has 0 atom stereocenters. The van der Waals surface area contributed by atoms with E-state index in [2.05, 4.69) is 25.3 Å². The second-order valence-electron chi connectivity index (χ2n) is 4.51. The molecule has 4 rings (SSSR count). The highest BCUT2D eigenvalue weighted by Crippen LogP contribution is 2.06. The van der Waals surface area contributed by atoms with E-state index in [0.717, 1.165) is 5.56 Å². The van der Waals surface area contributed by atoms with E-state index in [1.165, 1.54) is 15.4 Å². The summed E-state index contributed by atoms with van der Waals surface area (Å²) in [6.07, 6.45) is 6.47. The van der Waals surface area contributed by atoms with Gasteiger partial charge in [0.15, 0.2) is 16.8 Å². The lowest BCUT2D eigenvalue weighted by atomic mass is 10.3. The third kappa shape index (κ3) is 1.84. The summed E-state index contributed by atoms with van der Waals surface area (Å²) >= 11 is 0. The van der Waals surface area contributed by atoms with Crippen LogP contribution in [0.25, 0.3) is 16.8 Å². The largest absolute Gasteiger partial charge is 0.293 e. The number of nitrogens with zero attached hydrogens (tertiary/aromatic N) is 7. The van der Waals surface area contributed by atoms with Gasteiger partial charge in [-0.05, 0) is 11.6 Å². The van der Waals surface area contributed by atoms with Crippen LogP contribution in [-0.2, 0) is 6.54 Å². The highest BCUT2D eigenvalue weighted by atomic mass is 16.1. The number of fused-ring (bicyclic) bond motifs is 3. The summed E-state index contributed by atoms with van der Waals surface area (Å²) in [7, 11) is 0. The van der Waals surface area contributed by atoms with Crippen LogP contribution in [0.1, 0.15) is 5.56 Å². The van der Waals surface area contributed by atoms with Crippen LogP contribution in [-0.4, -0.2) is 34.3 Å². The van der Waals surface area contributed by atoms with Crippen LogP contribution < -0.4 is 5.56 Å². The maximum atomic E-state index is 12.5. The summed E-state index contributed by atoms with van der Waals surface area (Å²) in [5.74, 6) is 0. The van der Waals surface area contributed by atoms with E-state index in [9.17, 15) is 4.79 Å². The Bertz CT molecular complexity index is 990. The molecule has 8 nitrogen and oxygen atoms in total. The summed E-state index contributed by atoms with van der Waals surface area (Å²) in [6, 6.07) is 5.42. The van der Waals surface area contributed by atoms with Crippen LogP contribution in [0, 0.1) is 0 Å². The van der Waals surface area contributed by atoms with Crippen molar-refractivity contribution < 1.29 is 0 Å².